The van der Waals surface area contributed by atoms with Gasteiger partial charge in [0.25, 0.3) is 0 Å². The second kappa shape index (κ2) is 4.73. The monoisotopic (exact) mass is 216 g/mol. The quantitative estimate of drug-likeness (QED) is 0.812. The second-order valence-corrected chi connectivity index (χ2v) is 3.73. The first kappa shape index (κ1) is 11.4. The Morgan fingerprint density at radius 3 is 2.64 bits per heavy atom. The molecule has 2 unspecified atom stereocenters. The maximum Gasteiger partial charge on any atom is 0.128 e. The average Bonchev–Trinajstić information content (AvgIpc) is 2.11. The zero-order valence-corrected chi connectivity index (χ0v) is 8.98. The highest BCUT2D eigenvalue weighted by atomic mass is 35.5. The molecule has 0 aliphatic carbocycles. The van der Waals surface area contributed by atoms with E-state index < -0.39 is 0 Å². The van der Waals surface area contributed by atoms with E-state index in [2.05, 4.69) is 5.32 Å². The number of nitrogens with two attached hydrogens (primary N) is 1. The van der Waals surface area contributed by atoms with E-state index in [4.69, 9.17) is 17.3 Å². The first-order valence-corrected chi connectivity index (χ1v) is 4.82. The third kappa shape index (κ3) is 2.44. The van der Waals surface area contributed by atoms with Crippen molar-refractivity contribution in [2.75, 3.05) is 7.05 Å². The summed E-state index contributed by atoms with van der Waals surface area (Å²) in [6, 6.07) is 4.08. The van der Waals surface area contributed by atoms with E-state index in [-0.39, 0.29) is 17.9 Å². The molecule has 1 aromatic carbocycles. The lowest BCUT2D eigenvalue weighted by Gasteiger charge is -2.21. The topological polar surface area (TPSA) is 38.0 Å². The van der Waals surface area contributed by atoms with E-state index in [1.165, 1.54) is 12.1 Å². The molecule has 0 saturated carbocycles. The molecule has 0 spiro atoms. The van der Waals surface area contributed by atoms with Crippen molar-refractivity contribution >= 4 is 11.6 Å². The summed E-state index contributed by atoms with van der Waals surface area (Å²) < 4.78 is 13.4. The number of hydrogen-bond acceptors (Lipinski definition) is 2. The zero-order valence-electron chi connectivity index (χ0n) is 8.22. The molecule has 2 nitrogen and oxygen atoms in total. The number of halogens is 2. The maximum absolute atomic E-state index is 13.4. The molecule has 0 amide bonds. The van der Waals surface area contributed by atoms with Gasteiger partial charge in [0.1, 0.15) is 5.82 Å². The Balaban J connectivity index is 3.08. The van der Waals surface area contributed by atoms with E-state index in [0.29, 0.717) is 10.6 Å². The third-order valence-electron chi connectivity index (χ3n) is 2.13. The molecule has 4 heteroatoms. The summed E-state index contributed by atoms with van der Waals surface area (Å²) in [5, 5.41) is 3.48. The molecule has 2 atom stereocenters. The van der Waals surface area contributed by atoms with E-state index in [1.54, 1.807) is 13.1 Å². The molecule has 0 radical (unpaired) electrons. The number of nitrogens with one attached hydrogen (secondary N) is 1. The molecule has 0 aliphatic rings. The van der Waals surface area contributed by atoms with Crippen molar-refractivity contribution in [3.8, 4) is 0 Å². The van der Waals surface area contributed by atoms with E-state index in [1.807, 2.05) is 6.92 Å². The third-order valence-corrected chi connectivity index (χ3v) is 2.36. The summed E-state index contributed by atoms with van der Waals surface area (Å²) in [7, 11) is 1.74. The van der Waals surface area contributed by atoms with Crippen LogP contribution in [0.3, 0.4) is 0 Å². The fourth-order valence-corrected chi connectivity index (χ4v) is 1.64. The van der Waals surface area contributed by atoms with Gasteiger partial charge in [-0.2, -0.15) is 0 Å². The predicted octanol–water partition coefficient (Wildman–Crippen LogP) is 2.09. The summed E-state index contributed by atoms with van der Waals surface area (Å²) in [6.07, 6.45) is 0. The lowest BCUT2D eigenvalue weighted by molar-refractivity contribution is 0.475. The van der Waals surface area contributed by atoms with Gasteiger partial charge in [0.2, 0.25) is 0 Å². The summed E-state index contributed by atoms with van der Waals surface area (Å²) in [4.78, 5) is 0. The van der Waals surface area contributed by atoms with Crippen LogP contribution in [-0.2, 0) is 0 Å². The van der Waals surface area contributed by atoms with Gasteiger partial charge in [0.15, 0.2) is 0 Å². The Kier molecular flexibility index (Phi) is 3.86. The van der Waals surface area contributed by atoms with Crippen LogP contribution in [0.2, 0.25) is 5.02 Å². The molecule has 0 heterocycles. The van der Waals surface area contributed by atoms with Gasteiger partial charge in [-0.3, -0.25) is 0 Å². The van der Waals surface area contributed by atoms with Crippen molar-refractivity contribution in [1.82, 2.24) is 5.32 Å². The lowest BCUT2D eigenvalue weighted by Crippen LogP contribution is -2.34. The van der Waals surface area contributed by atoms with E-state index >= 15 is 0 Å². The number of rotatable bonds is 3. The van der Waals surface area contributed by atoms with Crippen LogP contribution in [0.15, 0.2) is 18.2 Å². The summed E-state index contributed by atoms with van der Waals surface area (Å²) in [5.74, 6) is -0.286. The van der Waals surface area contributed by atoms with Crippen LogP contribution >= 0.6 is 11.6 Å². The molecule has 0 fully saturated rings. The minimum atomic E-state index is -0.286. The fraction of sp³-hybridized carbons (Fsp3) is 0.400. The summed E-state index contributed by atoms with van der Waals surface area (Å²) >= 11 is 5.79. The number of hydrogen-bond donors (Lipinski definition) is 2. The minimum absolute atomic E-state index is 0.173. The first-order chi connectivity index (χ1) is 6.56. The van der Waals surface area contributed by atoms with Gasteiger partial charge in [-0.1, -0.05) is 11.6 Å². The molecule has 3 N–H and O–H groups in total. The molecule has 14 heavy (non-hydrogen) atoms. The van der Waals surface area contributed by atoms with Gasteiger partial charge >= 0.3 is 0 Å². The number of benzene rings is 1. The van der Waals surface area contributed by atoms with Crippen LogP contribution in [0, 0.1) is 5.82 Å². The Hall–Kier alpha value is -0.640. The lowest BCUT2D eigenvalue weighted by atomic mass is 10.0. The maximum atomic E-state index is 13.4. The fourth-order valence-electron chi connectivity index (χ4n) is 1.45. The van der Waals surface area contributed by atoms with Crippen molar-refractivity contribution < 1.29 is 4.39 Å². The minimum Gasteiger partial charge on any atom is -0.326 e. The van der Waals surface area contributed by atoms with Gasteiger partial charge in [-0.05, 0) is 32.2 Å². The molecule has 0 aromatic heterocycles. The Labute approximate surface area is 88.2 Å². The van der Waals surface area contributed by atoms with Crippen LogP contribution in [-0.4, -0.2) is 13.1 Å². The van der Waals surface area contributed by atoms with Crippen molar-refractivity contribution in [3.63, 3.8) is 0 Å². The molecular weight excluding hydrogens is 203 g/mol. The SMILES string of the molecule is CNC(c1cc(Cl)ccc1F)C(C)N. The van der Waals surface area contributed by atoms with Gasteiger partial charge in [-0.25, -0.2) is 4.39 Å². The normalized spacial score (nSPS) is 15.2. The van der Waals surface area contributed by atoms with Crippen molar-refractivity contribution in [3.05, 3.63) is 34.6 Å². The summed E-state index contributed by atoms with van der Waals surface area (Å²) in [6.45, 7) is 1.82. The van der Waals surface area contributed by atoms with Gasteiger partial charge in [0, 0.05) is 22.7 Å². The van der Waals surface area contributed by atoms with Crippen LogP contribution in [0.5, 0.6) is 0 Å². The Bertz CT molecular complexity index is 315. The highest BCUT2D eigenvalue weighted by molar-refractivity contribution is 6.30. The first-order valence-electron chi connectivity index (χ1n) is 4.44. The Morgan fingerprint density at radius 1 is 1.50 bits per heavy atom. The second-order valence-electron chi connectivity index (χ2n) is 3.29. The van der Waals surface area contributed by atoms with Crippen molar-refractivity contribution in [1.29, 1.82) is 0 Å². The molecule has 0 aliphatic heterocycles. The van der Waals surface area contributed by atoms with Crippen LogP contribution in [0.4, 0.5) is 4.39 Å². The van der Waals surface area contributed by atoms with Gasteiger partial charge < -0.3 is 11.1 Å². The van der Waals surface area contributed by atoms with Crippen LogP contribution in [0.1, 0.15) is 18.5 Å². The zero-order chi connectivity index (χ0) is 10.7. The molecule has 1 aromatic rings. The smallest absolute Gasteiger partial charge is 0.128 e. The van der Waals surface area contributed by atoms with Crippen LogP contribution in [0.25, 0.3) is 0 Å². The average molecular weight is 217 g/mol. The van der Waals surface area contributed by atoms with Crippen LogP contribution < -0.4 is 11.1 Å². The van der Waals surface area contributed by atoms with Gasteiger partial charge in [-0.15, -0.1) is 0 Å². The highest BCUT2D eigenvalue weighted by Gasteiger charge is 2.17. The molecular formula is C10H14ClFN2. The largest absolute Gasteiger partial charge is 0.326 e. The molecule has 78 valence electrons. The Morgan fingerprint density at radius 2 is 2.14 bits per heavy atom. The van der Waals surface area contributed by atoms with Crippen molar-refractivity contribution in [2.24, 2.45) is 5.73 Å². The number of likely N-dealkylation sites (N-methyl/N-ethyl adjacent to an activating group) is 1. The molecule has 0 bridgehead atoms. The van der Waals surface area contributed by atoms with Gasteiger partial charge in [0.05, 0.1) is 0 Å². The van der Waals surface area contributed by atoms with E-state index in [9.17, 15) is 4.39 Å². The molecule has 1 rings (SSSR count). The van der Waals surface area contributed by atoms with Crippen molar-refractivity contribution in [2.45, 2.75) is 19.0 Å². The van der Waals surface area contributed by atoms with E-state index in [0.717, 1.165) is 0 Å². The standard InChI is InChI=1S/C10H14ClFN2/c1-6(13)10(14-2)8-5-7(11)3-4-9(8)12/h3-6,10,14H,13H2,1-2H3. The molecule has 0 saturated heterocycles. The predicted molar refractivity (Wildman–Crippen MR) is 56.9 cm³/mol. The highest BCUT2D eigenvalue weighted by Crippen LogP contribution is 2.22. The summed E-state index contributed by atoms with van der Waals surface area (Å²) in [5.41, 5.74) is 6.24.